The van der Waals surface area contributed by atoms with Gasteiger partial charge in [-0.05, 0) is 43.6 Å². The van der Waals surface area contributed by atoms with E-state index in [1.54, 1.807) is 0 Å². The van der Waals surface area contributed by atoms with E-state index in [1.165, 1.54) is 18.4 Å². The predicted octanol–water partition coefficient (Wildman–Crippen LogP) is 2.96. The second kappa shape index (κ2) is 7.84. The SMILES string of the molecule is CN(C)C(=NCC(c1cccc(Cl)c1)N1CCCC1)N(C)C. The number of aliphatic imine (C=N–C) groups is 1. The summed E-state index contributed by atoms with van der Waals surface area (Å²) in [5.74, 6) is 0.992. The maximum absolute atomic E-state index is 6.19. The number of hydrogen-bond donors (Lipinski definition) is 0. The summed E-state index contributed by atoms with van der Waals surface area (Å²) in [6.45, 7) is 3.05. The summed E-state index contributed by atoms with van der Waals surface area (Å²) in [5, 5.41) is 0.797. The second-order valence-electron chi connectivity index (χ2n) is 6.24. The lowest BCUT2D eigenvalue weighted by molar-refractivity contribution is 0.250. The number of hydrogen-bond acceptors (Lipinski definition) is 2. The van der Waals surface area contributed by atoms with Crippen LogP contribution in [0.1, 0.15) is 24.4 Å². The summed E-state index contributed by atoms with van der Waals surface area (Å²) in [6, 6.07) is 8.50. The van der Waals surface area contributed by atoms with Gasteiger partial charge in [0.1, 0.15) is 0 Å². The average Bonchev–Trinajstić information content (AvgIpc) is 2.96. The monoisotopic (exact) mass is 322 g/mol. The van der Waals surface area contributed by atoms with E-state index in [0.29, 0.717) is 6.04 Å². The van der Waals surface area contributed by atoms with Crippen molar-refractivity contribution in [3.8, 4) is 0 Å². The van der Waals surface area contributed by atoms with Gasteiger partial charge in [-0.2, -0.15) is 0 Å². The maximum Gasteiger partial charge on any atom is 0.195 e. The van der Waals surface area contributed by atoms with Gasteiger partial charge in [0.25, 0.3) is 0 Å². The Morgan fingerprint density at radius 1 is 1.18 bits per heavy atom. The van der Waals surface area contributed by atoms with Gasteiger partial charge < -0.3 is 9.80 Å². The van der Waals surface area contributed by atoms with Crippen LogP contribution >= 0.6 is 11.6 Å². The van der Waals surface area contributed by atoms with Crippen LogP contribution in [0.2, 0.25) is 5.02 Å². The van der Waals surface area contributed by atoms with Crippen molar-refractivity contribution >= 4 is 17.6 Å². The molecule has 1 aliphatic rings. The largest absolute Gasteiger partial charge is 0.349 e. The van der Waals surface area contributed by atoms with Crippen LogP contribution in [-0.2, 0) is 0 Å². The minimum absolute atomic E-state index is 0.302. The standard InChI is InChI=1S/C17H27ClN4/c1-20(2)17(21(3)4)19-13-16(22-10-5-6-11-22)14-8-7-9-15(18)12-14/h7-9,12,16H,5-6,10-11,13H2,1-4H3. The first kappa shape index (κ1) is 17.1. The third kappa shape index (κ3) is 4.37. The predicted molar refractivity (Wildman–Crippen MR) is 94.7 cm³/mol. The van der Waals surface area contributed by atoms with Crippen LogP contribution in [-0.4, -0.2) is 68.5 Å². The van der Waals surface area contributed by atoms with Gasteiger partial charge in [0.05, 0.1) is 12.6 Å². The molecule has 4 nitrogen and oxygen atoms in total. The quantitative estimate of drug-likeness (QED) is 0.628. The van der Waals surface area contributed by atoms with Crippen LogP contribution in [0.4, 0.5) is 0 Å². The van der Waals surface area contributed by atoms with Gasteiger partial charge in [-0.3, -0.25) is 9.89 Å². The van der Waals surface area contributed by atoms with Gasteiger partial charge in [-0.1, -0.05) is 23.7 Å². The van der Waals surface area contributed by atoms with Gasteiger partial charge in [0.2, 0.25) is 0 Å². The highest BCUT2D eigenvalue weighted by Gasteiger charge is 2.23. The summed E-state index contributed by atoms with van der Waals surface area (Å²) < 4.78 is 0. The Balaban J connectivity index is 2.23. The number of benzene rings is 1. The molecule has 0 N–H and O–H groups in total. The smallest absolute Gasteiger partial charge is 0.195 e. The van der Waals surface area contributed by atoms with E-state index in [4.69, 9.17) is 16.6 Å². The molecule has 0 radical (unpaired) electrons. The molecule has 0 amide bonds. The minimum atomic E-state index is 0.302. The lowest BCUT2D eigenvalue weighted by Gasteiger charge is -2.28. The number of nitrogens with zero attached hydrogens (tertiary/aromatic N) is 4. The summed E-state index contributed by atoms with van der Waals surface area (Å²) >= 11 is 6.19. The van der Waals surface area contributed by atoms with Crippen LogP contribution in [0.25, 0.3) is 0 Å². The van der Waals surface area contributed by atoms with Crippen molar-refractivity contribution in [2.75, 3.05) is 47.8 Å². The van der Waals surface area contributed by atoms with Crippen LogP contribution in [0.15, 0.2) is 29.3 Å². The fourth-order valence-electron chi connectivity index (χ4n) is 3.05. The Hall–Kier alpha value is -1.26. The molecule has 1 unspecified atom stereocenters. The molecular weight excluding hydrogens is 296 g/mol. The molecule has 1 aromatic rings. The molecule has 0 bridgehead atoms. The molecule has 122 valence electrons. The lowest BCUT2D eigenvalue weighted by Crippen LogP contribution is -2.36. The fraction of sp³-hybridized carbons (Fsp3) is 0.588. The first-order valence-corrected chi connectivity index (χ1v) is 8.25. The van der Waals surface area contributed by atoms with Crippen molar-refractivity contribution in [3.63, 3.8) is 0 Å². The lowest BCUT2D eigenvalue weighted by atomic mass is 10.1. The molecule has 1 atom stereocenters. The van der Waals surface area contributed by atoms with E-state index in [1.807, 2.05) is 40.3 Å². The Morgan fingerprint density at radius 3 is 2.36 bits per heavy atom. The highest BCUT2D eigenvalue weighted by atomic mass is 35.5. The van der Waals surface area contributed by atoms with Crippen LogP contribution in [0.3, 0.4) is 0 Å². The Morgan fingerprint density at radius 2 is 1.82 bits per heavy atom. The number of likely N-dealkylation sites (tertiary alicyclic amines) is 1. The number of halogens is 1. The normalized spacial score (nSPS) is 16.4. The Kier molecular flexibility index (Phi) is 6.09. The highest BCUT2D eigenvalue weighted by Crippen LogP contribution is 2.27. The first-order chi connectivity index (χ1) is 10.5. The van der Waals surface area contributed by atoms with Crippen LogP contribution < -0.4 is 0 Å². The fourth-order valence-corrected chi connectivity index (χ4v) is 3.25. The first-order valence-electron chi connectivity index (χ1n) is 7.87. The second-order valence-corrected chi connectivity index (χ2v) is 6.68. The van der Waals surface area contributed by atoms with Crippen molar-refractivity contribution in [1.29, 1.82) is 0 Å². The van der Waals surface area contributed by atoms with Crippen molar-refractivity contribution in [2.24, 2.45) is 4.99 Å². The molecule has 0 saturated carbocycles. The van der Waals surface area contributed by atoms with Crippen LogP contribution in [0, 0.1) is 0 Å². The summed E-state index contributed by atoms with van der Waals surface area (Å²) in [5.41, 5.74) is 1.26. The van der Waals surface area contributed by atoms with E-state index in [2.05, 4.69) is 26.8 Å². The minimum Gasteiger partial charge on any atom is -0.349 e. The highest BCUT2D eigenvalue weighted by molar-refractivity contribution is 6.30. The van der Waals surface area contributed by atoms with Crippen molar-refractivity contribution in [2.45, 2.75) is 18.9 Å². The molecule has 1 aliphatic heterocycles. The Bertz CT molecular complexity index is 497. The zero-order valence-corrected chi connectivity index (χ0v) is 14.8. The van der Waals surface area contributed by atoms with E-state index >= 15 is 0 Å². The molecule has 1 fully saturated rings. The third-order valence-electron chi connectivity index (χ3n) is 4.02. The molecule has 0 spiro atoms. The van der Waals surface area contributed by atoms with Crippen molar-refractivity contribution < 1.29 is 0 Å². The molecule has 1 aromatic carbocycles. The molecule has 1 saturated heterocycles. The Labute approximate surface area is 139 Å². The zero-order chi connectivity index (χ0) is 16.1. The van der Waals surface area contributed by atoms with Crippen molar-refractivity contribution in [3.05, 3.63) is 34.9 Å². The summed E-state index contributed by atoms with van der Waals surface area (Å²) in [4.78, 5) is 11.5. The van der Waals surface area contributed by atoms with Crippen molar-refractivity contribution in [1.82, 2.24) is 14.7 Å². The summed E-state index contributed by atoms with van der Waals surface area (Å²) in [6.07, 6.45) is 2.55. The van der Waals surface area contributed by atoms with Gasteiger partial charge in [0.15, 0.2) is 5.96 Å². The van der Waals surface area contributed by atoms with Gasteiger partial charge >= 0.3 is 0 Å². The van der Waals surface area contributed by atoms with E-state index < -0.39 is 0 Å². The third-order valence-corrected chi connectivity index (χ3v) is 4.26. The molecule has 22 heavy (non-hydrogen) atoms. The summed E-state index contributed by atoms with van der Waals surface area (Å²) in [7, 11) is 8.12. The van der Waals surface area contributed by atoms with Gasteiger partial charge in [-0.25, -0.2) is 0 Å². The zero-order valence-electron chi connectivity index (χ0n) is 14.1. The molecule has 5 heteroatoms. The molecule has 0 aliphatic carbocycles. The molecule has 1 heterocycles. The average molecular weight is 323 g/mol. The molecule has 0 aromatic heterocycles. The van der Waals surface area contributed by atoms with E-state index in [-0.39, 0.29) is 0 Å². The number of rotatable bonds is 4. The number of guanidine groups is 1. The van der Waals surface area contributed by atoms with Crippen LogP contribution in [0.5, 0.6) is 0 Å². The van der Waals surface area contributed by atoms with Gasteiger partial charge in [0, 0.05) is 33.2 Å². The van der Waals surface area contributed by atoms with Gasteiger partial charge in [-0.15, -0.1) is 0 Å². The maximum atomic E-state index is 6.19. The van der Waals surface area contributed by atoms with E-state index in [9.17, 15) is 0 Å². The molecular formula is C17H27ClN4. The molecule has 2 rings (SSSR count). The van der Waals surface area contributed by atoms with E-state index in [0.717, 1.165) is 30.6 Å². The topological polar surface area (TPSA) is 22.1 Å².